The molecule has 0 aliphatic rings. The Morgan fingerprint density at radius 2 is 0.967 bits per heavy atom. The van der Waals surface area contributed by atoms with E-state index in [0.29, 0.717) is 11.4 Å². The minimum Gasteiger partial charge on any atom is -0.469 e. The minimum atomic E-state index is -0.650. The lowest BCUT2D eigenvalue weighted by molar-refractivity contribution is -0.144. The summed E-state index contributed by atoms with van der Waals surface area (Å²) in [6.07, 6.45) is -0.848. The molecule has 2 amide bonds. The van der Waals surface area contributed by atoms with Crippen molar-refractivity contribution in [3.63, 3.8) is 0 Å². The maximum Gasteiger partial charge on any atom is 0.315 e. The molecule has 0 spiro atoms. The van der Waals surface area contributed by atoms with Gasteiger partial charge in [0.25, 0.3) is 0 Å². The number of rotatable bonds is 9. The number of carbonyl (C=O) groups is 4. The summed E-state index contributed by atoms with van der Waals surface area (Å²) in [6.45, 7) is 0.225. The van der Waals surface area contributed by atoms with Crippen LogP contribution in [0.2, 0.25) is 0 Å². The molecule has 0 N–H and O–H groups in total. The van der Waals surface area contributed by atoms with E-state index < -0.39 is 36.6 Å². The van der Waals surface area contributed by atoms with Crippen LogP contribution in [0, 0.1) is 0 Å². The molecule has 0 radical (unpaired) electrons. The van der Waals surface area contributed by atoms with Crippen molar-refractivity contribution in [3.05, 3.63) is 60.7 Å². The number of carbonyl (C=O) groups excluding carboxylic acids is 4. The molecule has 2 aromatic carbocycles. The van der Waals surface area contributed by atoms with E-state index in [1.165, 1.54) is 24.0 Å². The fourth-order valence-corrected chi connectivity index (χ4v) is 2.79. The number of amides is 2. The maximum absolute atomic E-state index is 12.7. The second-order valence-corrected chi connectivity index (χ2v) is 6.27. The summed E-state index contributed by atoms with van der Waals surface area (Å²) in [5.74, 6) is -2.21. The van der Waals surface area contributed by atoms with Crippen molar-refractivity contribution < 1.29 is 28.7 Å². The number of anilines is 2. The van der Waals surface area contributed by atoms with E-state index in [1.54, 1.807) is 48.5 Å². The molecule has 158 valence electrons. The highest BCUT2D eigenvalue weighted by atomic mass is 16.5. The van der Waals surface area contributed by atoms with E-state index in [4.69, 9.17) is 0 Å². The maximum atomic E-state index is 12.7. The van der Waals surface area contributed by atoms with Gasteiger partial charge in [-0.1, -0.05) is 36.4 Å². The predicted molar refractivity (Wildman–Crippen MR) is 111 cm³/mol. The molecular formula is C22H24N2O6. The van der Waals surface area contributed by atoms with Gasteiger partial charge in [0.05, 0.1) is 14.2 Å². The second-order valence-electron chi connectivity index (χ2n) is 6.27. The number of para-hydroxylation sites is 2. The van der Waals surface area contributed by atoms with E-state index in [9.17, 15) is 19.2 Å². The quantitative estimate of drug-likeness (QED) is 0.463. The molecule has 0 saturated carbocycles. The third-order valence-electron chi connectivity index (χ3n) is 4.33. The van der Waals surface area contributed by atoms with E-state index in [-0.39, 0.29) is 13.1 Å². The van der Waals surface area contributed by atoms with Gasteiger partial charge in [-0.15, -0.1) is 0 Å². The SMILES string of the molecule is COC(=O)CC(=O)N(CCN(C(=O)CC(=O)OC)c1ccccc1)c1ccccc1. The van der Waals surface area contributed by atoms with Gasteiger partial charge in [-0.3, -0.25) is 19.2 Å². The lowest BCUT2D eigenvalue weighted by Gasteiger charge is -2.28. The Morgan fingerprint density at radius 1 is 0.633 bits per heavy atom. The molecule has 0 saturated heterocycles. The zero-order valence-electron chi connectivity index (χ0n) is 16.9. The van der Waals surface area contributed by atoms with Crippen LogP contribution >= 0.6 is 0 Å². The number of ether oxygens (including phenoxy) is 2. The van der Waals surface area contributed by atoms with Gasteiger partial charge < -0.3 is 19.3 Å². The van der Waals surface area contributed by atoms with Gasteiger partial charge in [0.2, 0.25) is 11.8 Å². The van der Waals surface area contributed by atoms with Crippen molar-refractivity contribution in [1.82, 2.24) is 0 Å². The molecule has 0 heterocycles. The van der Waals surface area contributed by atoms with Gasteiger partial charge in [-0.25, -0.2) is 0 Å². The van der Waals surface area contributed by atoms with E-state index in [0.717, 1.165) is 0 Å². The summed E-state index contributed by atoms with van der Waals surface area (Å²) in [5, 5.41) is 0. The Bertz CT molecular complexity index is 796. The molecule has 0 fully saturated rings. The Balaban J connectivity index is 2.25. The standard InChI is InChI=1S/C22H24N2O6/c1-29-21(27)15-19(25)23(17-9-5-3-6-10-17)13-14-24(18-11-7-4-8-12-18)20(26)16-22(28)30-2/h3-12H,13-16H2,1-2H3. The number of benzene rings is 2. The van der Waals surface area contributed by atoms with E-state index in [1.807, 2.05) is 12.1 Å². The number of methoxy groups -OCH3 is 2. The molecule has 2 rings (SSSR count). The summed E-state index contributed by atoms with van der Waals surface area (Å²) >= 11 is 0. The molecule has 0 aliphatic heterocycles. The summed E-state index contributed by atoms with van der Waals surface area (Å²) in [6, 6.07) is 17.6. The predicted octanol–water partition coefficient (Wildman–Crippen LogP) is 2.18. The van der Waals surface area contributed by atoms with Crippen molar-refractivity contribution in [2.24, 2.45) is 0 Å². The molecule has 8 heteroatoms. The molecule has 0 aromatic heterocycles. The van der Waals surface area contributed by atoms with Crippen LogP contribution in [-0.4, -0.2) is 51.1 Å². The molecule has 2 aromatic rings. The number of nitrogens with zero attached hydrogens (tertiary/aromatic N) is 2. The normalized spacial score (nSPS) is 10.1. The summed E-state index contributed by atoms with van der Waals surface area (Å²) in [5.41, 5.74) is 1.17. The monoisotopic (exact) mass is 412 g/mol. The first kappa shape index (κ1) is 22.6. The zero-order valence-corrected chi connectivity index (χ0v) is 16.9. The van der Waals surface area contributed by atoms with Gasteiger partial charge in [-0.05, 0) is 24.3 Å². The topological polar surface area (TPSA) is 93.2 Å². The zero-order chi connectivity index (χ0) is 21.9. The summed E-state index contributed by atoms with van der Waals surface area (Å²) in [7, 11) is 2.43. The van der Waals surface area contributed by atoms with Crippen LogP contribution in [0.25, 0.3) is 0 Å². The van der Waals surface area contributed by atoms with Crippen LogP contribution in [0.4, 0.5) is 11.4 Å². The Hall–Kier alpha value is -3.68. The van der Waals surface area contributed by atoms with Gasteiger partial charge in [0.15, 0.2) is 0 Å². The highest BCUT2D eigenvalue weighted by molar-refractivity contribution is 6.05. The van der Waals surface area contributed by atoms with Crippen molar-refractivity contribution in [3.8, 4) is 0 Å². The van der Waals surface area contributed by atoms with E-state index in [2.05, 4.69) is 9.47 Å². The molecule has 0 bridgehead atoms. The van der Waals surface area contributed by atoms with Crippen LogP contribution in [0.5, 0.6) is 0 Å². The highest BCUT2D eigenvalue weighted by Crippen LogP contribution is 2.18. The van der Waals surface area contributed by atoms with Gasteiger partial charge in [0.1, 0.15) is 12.8 Å². The Morgan fingerprint density at radius 3 is 1.27 bits per heavy atom. The molecule has 0 atom stereocenters. The molecule has 0 unspecified atom stereocenters. The van der Waals surface area contributed by atoms with Crippen LogP contribution in [0.15, 0.2) is 60.7 Å². The van der Waals surface area contributed by atoms with Crippen molar-refractivity contribution in [2.75, 3.05) is 37.1 Å². The smallest absolute Gasteiger partial charge is 0.315 e. The molecular weight excluding hydrogens is 388 g/mol. The fourth-order valence-electron chi connectivity index (χ4n) is 2.79. The van der Waals surface area contributed by atoms with Gasteiger partial charge >= 0.3 is 11.9 Å². The minimum absolute atomic E-state index is 0.113. The number of esters is 2. The van der Waals surface area contributed by atoms with Crippen LogP contribution in [0.3, 0.4) is 0 Å². The fraction of sp³-hybridized carbons (Fsp3) is 0.273. The molecule has 8 nitrogen and oxygen atoms in total. The molecule has 30 heavy (non-hydrogen) atoms. The van der Waals surface area contributed by atoms with E-state index >= 15 is 0 Å². The summed E-state index contributed by atoms with van der Waals surface area (Å²) in [4.78, 5) is 51.4. The van der Waals surface area contributed by atoms with Crippen LogP contribution < -0.4 is 9.80 Å². The first-order valence-corrected chi connectivity index (χ1v) is 9.30. The largest absolute Gasteiger partial charge is 0.469 e. The Kier molecular flexibility index (Phi) is 8.56. The van der Waals surface area contributed by atoms with Crippen molar-refractivity contribution >= 4 is 35.1 Å². The van der Waals surface area contributed by atoms with Gasteiger partial charge in [0, 0.05) is 24.5 Å². The lowest BCUT2D eigenvalue weighted by Crippen LogP contribution is -2.42. The van der Waals surface area contributed by atoms with Crippen molar-refractivity contribution in [2.45, 2.75) is 12.8 Å². The highest BCUT2D eigenvalue weighted by Gasteiger charge is 2.24. The summed E-state index contributed by atoms with van der Waals surface area (Å²) < 4.78 is 9.19. The van der Waals surface area contributed by atoms with Crippen LogP contribution in [0.1, 0.15) is 12.8 Å². The average molecular weight is 412 g/mol. The first-order chi connectivity index (χ1) is 14.5. The van der Waals surface area contributed by atoms with Crippen LogP contribution in [-0.2, 0) is 28.7 Å². The third-order valence-corrected chi connectivity index (χ3v) is 4.33. The first-order valence-electron chi connectivity index (χ1n) is 9.30. The number of hydrogen-bond acceptors (Lipinski definition) is 6. The second kappa shape index (κ2) is 11.4. The third kappa shape index (κ3) is 6.44. The van der Waals surface area contributed by atoms with Crippen molar-refractivity contribution in [1.29, 1.82) is 0 Å². The lowest BCUT2D eigenvalue weighted by atomic mass is 10.2. The average Bonchev–Trinajstić information content (AvgIpc) is 2.77. The Labute approximate surface area is 175 Å². The molecule has 0 aliphatic carbocycles. The number of hydrogen-bond donors (Lipinski definition) is 0. The van der Waals surface area contributed by atoms with Gasteiger partial charge in [-0.2, -0.15) is 0 Å².